The molecule has 3 aromatic heterocycles. The Bertz CT molecular complexity index is 2360. The number of nitrogens with zero attached hydrogens (tertiary/aromatic N) is 5. The number of aromatic nitrogens is 4. The molecule has 0 bridgehead atoms. The molecule has 13 heteroatoms. The third-order valence-corrected chi connectivity index (χ3v) is 12.7. The third-order valence-electron chi connectivity index (χ3n) is 12.0. The molecule has 60 heavy (non-hydrogen) atoms. The first kappa shape index (κ1) is 40.7. The molecule has 3 aromatic carbocycles. The summed E-state index contributed by atoms with van der Waals surface area (Å²) in [5.74, 6) is 1.61. The fourth-order valence-corrected chi connectivity index (χ4v) is 9.60. The minimum Gasteiger partial charge on any atom is -0.465 e. The molecule has 0 spiro atoms. The van der Waals surface area contributed by atoms with Gasteiger partial charge in [-0.25, -0.2) is 14.8 Å². The average molecular weight is 825 g/mol. The summed E-state index contributed by atoms with van der Waals surface area (Å²) in [6.07, 6.45) is 6.57. The molecule has 12 nitrogen and oxygen atoms in total. The first-order valence-corrected chi connectivity index (χ1v) is 21.9. The molecule has 5 heterocycles. The standard InChI is InChI=1S/C47H52N8O4S/c1-3-53(4-2)43(36-10-6-5-7-11-36)46(57)55-24-9-13-41(55)45-49-29-39(52-45)35-20-16-33(17-21-35)32-14-18-34(19-15-32)38-28-48-44(51-38)40-12-8-23-54(40)42(56)27-37(50-47(58)59)26-31-22-25-60-30-31/h5-7,10-11,14-22,25,28-30,37,40-41,43,50H,3-4,8-9,12-13,23-24,26-27H2,1-2H3,(H,48,51)(H,49,52)(H,58,59)/t37-,40+,41+,43-/m1/s1. The number of imidazole rings is 2. The van der Waals surface area contributed by atoms with Crippen LogP contribution in [0, 0.1) is 0 Å². The van der Waals surface area contributed by atoms with E-state index < -0.39 is 12.1 Å². The predicted octanol–water partition coefficient (Wildman–Crippen LogP) is 8.87. The molecule has 0 radical (unpaired) electrons. The smallest absolute Gasteiger partial charge is 0.404 e. The number of hydrogen-bond acceptors (Lipinski definition) is 7. The lowest BCUT2D eigenvalue weighted by Crippen LogP contribution is -2.43. The zero-order valence-corrected chi connectivity index (χ0v) is 34.9. The molecule has 2 aliphatic heterocycles. The van der Waals surface area contributed by atoms with Crippen molar-refractivity contribution in [2.45, 2.75) is 76.5 Å². The van der Waals surface area contributed by atoms with Crippen molar-refractivity contribution in [3.8, 4) is 33.6 Å². The van der Waals surface area contributed by atoms with Gasteiger partial charge >= 0.3 is 6.09 Å². The van der Waals surface area contributed by atoms with Crippen LogP contribution in [0.1, 0.15) is 86.9 Å². The van der Waals surface area contributed by atoms with E-state index in [4.69, 9.17) is 9.97 Å². The predicted molar refractivity (Wildman–Crippen MR) is 234 cm³/mol. The van der Waals surface area contributed by atoms with Gasteiger partial charge in [0.25, 0.3) is 0 Å². The number of H-pyrrole nitrogens is 2. The maximum Gasteiger partial charge on any atom is 0.404 e. The second-order valence-corrected chi connectivity index (χ2v) is 16.5. The van der Waals surface area contributed by atoms with Crippen molar-refractivity contribution in [1.82, 2.24) is 40.0 Å². The summed E-state index contributed by atoms with van der Waals surface area (Å²) in [5.41, 5.74) is 8.00. The lowest BCUT2D eigenvalue weighted by Gasteiger charge is -2.34. The van der Waals surface area contributed by atoms with Gasteiger partial charge in [-0.15, -0.1) is 0 Å². The van der Waals surface area contributed by atoms with Crippen LogP contribution in [-0.2, 0) is 16.0 Å². The number of nitrogens with one attached hydrogen (secondary N) is 3. The number of likely N-dealkylation sites (tertiary alicyclic amines) is 2. The summed E-state index contributed by atoms with van der Waals surface area (Å²) in [4.78, 5) is 61.9. The Hall–Kier alpha value is -6.05. The van der Waals surface area contributed by atoms with Gasteiger partial charge in [0.2, 0.25) is 11.8 Å². The zero-order chi connectivity index (χ0) is 41.6. The molecule has 2 saturated heterocycles. The van der Waals surface area contributed by atoms with E-state index >= 15 is 0 Å². The normalized spacial score (nSPS) is 17.6. The summed E-state index contributed by atoms with van der Waals surface area (Å²) >= 11 is 1.55. The van der Waals surface area contributed by atoms with Crippen LogP contribution >= 0.6 is 11.3 Å². The van der Waals surface area contributed by atoms with Crippen LogP contribution in [0.15, 0.2) is 108 Å². The fourth-order valence-electron chi connectivity index (χ4n) is 8.92. The molecular weight excluding hydrogens is 773 g/mol. The first-order valence-electron chi connectivity index (χ1n) is 21.0. The second-order valence-electron chi connectivity index (χ2n) is 15.7. The molecule has 6 aromatic rings. The Balaban J connectivity index is 0.908. The number of carbonyl (C=O) groups is 3. The summed E-state index contributed by atoms with van der Waals surface area (Å²) in [6.45, 7) is 7.12. The Morgan fingerprint density at radius 1 is 0.783 bits per heavy atom. The third kappa shape index (κ3) is 8.92. The molecule has 310 valence electrons. The molecule has 0 unspecified atom stereocenters. The van der Waals surface area contributed by atoms with E-state index in [1.165, 1.54) is 0 Å². The van der Waals surface area contributed by atoms with Crippen molar-refractivity contribution in [2.24, 2.45) is 0 Å². The number of aromatic amines is 2. The van der Waals surface area contributed by atoms with Gasteiger partial charge in [-0.05, 0) is 95.4 Å². The maximum absolute atomic E-state index is 14.2. The highest BCUT2D eigenvalue weighted by molar-refractivity contribution is 7.07. The molecule has 8 rings (SSSR count). The molecule has 4 atom stereocenters. The fraction of sp³-hybridized carbons (Fsp3) is 0.340. The van der Waals surface area contributed by atoms with E-state index in [-0.39, 0.29) is 36.4 Å². The van der Waals surface area contributed by atoms with E-state index in [2.05, 4.69) is 94.7 Å². The molecule has 0 aliphatic carbocycles. The summed E-state index contributed by atoms with van der Waals surface area (Å²) < 4.78 is 0. The number of rotatable bonds is 15. The summed E-state index contributed by atoms with van der Waals surface area (Å²) in [6, 6.07) is 27.7. The average Bonchev–Trinajstić information content (AvgIpc) is 4.12. The topological polar surface area (TPSA) is 151 Å². The largest absolute Gasteiger partial charge is 0.465 e. The van der Waals surface area contributed by atoms with Crippen molar-refractivity contribution in [3.05, 3.63) is 131 Å². The van der Waals surface area contributed by atoms with Gasteiger partial charge in [0.05, 0.1) is 35.9 Å². The Morgan fingerprint density at radius 2 is 1.33 bits per heavy atom. The highest BCUT2D eigenvalue weighted by atomic mass is 32.1. The molecule has 3 amide bonds. The Labute approximate surface area is 354 Å². The quantitative estimate of drug-likeness (QED) is 0.0808. The van der Waals surface area contributed by atoms with Crippen LogP contribution in [0.3, 0.4) is 0 Å². The number of carbonyl (C=O) groups excluding carboxylic acids is 2. The van der Waals surface area contributed by atoms with Gasteiger partial charge in [0.1, 0.15) is 17.7 Å². The molecule has 2 fully saturated rings. The number of amides is 3. The van der Waals surface area contributed by atoms with E-state index in [1.807, 2.05) is 57.2 Å². The summed E-state index contributed by atoms with van der Waals surface area (Å²) in [5, 5.41) is 15.9. The second kappa shape index (κ2) is 18.5. The lowest BCUT2D eigenvalue weighted by molar-refractivity contribution is -0.138. The Morgan fingerprint density at radius 3 is 1.87 bits per heavy atom. The van der Waals surface area contributed by atoms with Gasteiger partial charge in [0, 0.05) is 25.6 Å². The van der Waals surface area contributed by atoms with Crippen LogP contribution in [0.2, 0.25) is 0 Å². The minimum atomic E-state index is -1.13. The lowest BCUT2D eigenvalue weighted by atomic mass is 10.0. The molecular formula is C47H52N8O4S. The van der Waals surface area contributed by atoms with E-state index in [1.54, 1.807) is 11.3 Å². The molecule has 2 aliphatic rings. The first-order chi connectivity index (χ1) is 29.3. The van der Waals surface area contributed by atoms with Gasteiger partial charge in [0.15, 0.2) is 0 Å². The van der Waals surface area contributed by atoms with Crippen LogP contribution in [0.4, 0.5) is 4.79 Å². The number of benzene rings is 3. The highest BCUT2D eigenvalue weighted by Crippen LogP contribution is 2.37. The molecule has 0 saturated carbocycles. The highest BCUT2D eigenvalue weighted by Gasteiger charge is 2.38. The van der Waals surface area contributed by atoms with Crippen LogP contribution in [0.25, 0.3) is 33.6 Å². The number of carboxylic acid groups (broad SMARTS) is 1. The molecule has 4 N–H and O–H groups in total. The number of hydrogen-bond donors (Lipinski definition) is 4. The van der Waals surface area contributed by atoms with E-state index in [9.17, 15) is 19.5 Å². The van der Waals surface area contributed by atoms with Crippen LogP contribution in [0.5, 0.6) is 0 Å². The monoisotopic (exact) mass is 824 g/mol. The van der Waals surface area contributed by atoms with Crippen molar-refractivity contribution in [2.75, 3.05) is 26.2 Å². The number of likely N-dealkylation sites (N-methyl/N-ethyl adjacent to an activating group) is 1. The van der Waals surface area contributed by atoms with Gasteiger partial charge < -0.3 is 30.2 Å². The SMILES string of the molecule is CCN(CC)[C@@H](C(=O)N1CCC[C@H]1c1ncc(-c2ccc(-c3ccc(-c4cnc([C@@H]5CCCN5C(=O)C[C@@H](Cc5ccsc5)NC(=O)O)[nH]4)cc3)cc2)[nH]1)c1ccccc1. The summed E-state index contributed by atoms with van der Waals surface area (Å²) in [7, 11) is 0. The van der Waals surface area contributed by atoms with Gasteiger partial charge in [-0.3, -0.25) is 14.5 Å². The minimum absolute atomic E-state index is 0.0802. The van der Waals surface area contributed by atoms with Crippen molar-refractivity contribution >= 4 is 29.2 Å². The van der Waals surface area contributed by atoms with Crippen molar-refractivity contribution in [3.63, 3.8) is 0 Å². The van der Waals surface area contributed by atoms with Crippen LogP contribution in [-0.4, -0.2) is 89.9 Å². The number of thiophene rings is 1. The maximum atomic E-state index is 14.2. The van der Waals surface area contributed by atoms with E-state index in [0.717, 1.165) is 95.2 Å². The van der Waals surface area contributed by atoms with Crippen molar-refractivity contribution in [1.29, 1.82) is 0 Å². The van der Waals surface area contributed by atoms with Crippen molar-refractivity contribution < 1.29 is 19.5 Å². The Kier molecular flexibility index (Phi) is 12.5. The van der Waals surface area contributed by atoms with Crippen LogP contribution < -0.4 is 5.32 Å². The van der Waals surface area contributed by atoms with Gasteiger partial charge in [-0.2, -0.15) is 11.3 Å². The van der Waals surface area contributed by atoms with E-state index in [0.29, 0.717) is 19.5 Å². The zero-order valence-electron chi connectivity index (χ0n) is 34.1. The van der Waals surface area contributed by atoms with Gasteiger partial charge in [-0.1, -0.05) is 92.7 Å².